The van der Waals surface area contributed by atoms with Crippen molar-refractivity contribution in [1.29, 1.82) is 0 Å². The van der Waals surface area contributed by atoms with Crippen LogP contribution in [-0.2, 0) is 4.79 Å². The summed E-state index contributed by atoms with van der Waals surface area (Å²) in [5, 5.41) is 13.8. The van der Waals surface area contributed by atoms with E-state index in [1.54, 1.807) is 19.2 Å². The SMILES string of the molecule is CNC(=O)c1ccc(NC2CCN(C(=O)C3CCCC3)C2)nn1. The summed E-state index contributed by atoms with van der Waals surface area (Å²) in [6.07, 6.45) is 5.36. The number of aromatic nitrogens is 2. The molecule has 0 spiro atoms. The lowest BCUT2D eigenvalue weighted by Gasteiger charge is -2.20. The van der Waals surface area contributed by atoms with Gasteiger partial charge < -0.3 is 15.5 Å². The maximum atomic E-state index is 12.4. The number of anilines is 1. The van der Waals surface area contributed by atoms with Gasteiger partial charge in [0.05, 0.1) is 0 Å². The average molecular weight is 317 g/mol. The molecule has 2 fully saturated rings. The third-order valence-electron chi connectivity index (χ3n) is 4.68. The molecule has 2 N–H and O–H groups in total. The molecule has 1 aromatic heterocycles. The highest BCUT2D eigenvalue weighted by molar-refractivity contribution is 5.91. The Morgan fingerprint density at radius 2 is 1.96 bits per heavy atom. The topological polar surface area (TPSA) is 87.2 Å². The Kier molecular flexibility index (Phi) is 4.73. The van der Waals surface area contributed by atoms with Gasteiger partial charge >= 0.3 is 0 Å². The van der Waals surface area contributed by atoms with Crippen molar-refractivity contribution in [3.63, 3.8) is 0 Å². The molecule has 23 heavy (non-hydrogen) atoms. The number of nitrogens with one attached hydrogen (secondary N) is 2. The molecular weight excluding hydrogens is 294 g/mol. The van der Waals surface area contributed by atoms with Crippen LogP contribution in [0, 0.1) is 5.92 Å². The molecule has 3 rings (SSSR count). The zero-order valence-electron chi connectivity index (χ0n) is 13.4. The fourth-order valence-corrected chi connectivity index (χ4v) is 3.38. The smallest absolute Gasteiger partial charge is 0.271 e. The largest absolute Gasteiger partial charge is 0.364 e. The lowest BCUT2D eigenvalue weighted by Crippen LogP contribution is -2.35. The Morgan fingerprint density at radius 3 is 2.61 bits per heavy atom. The Hall–Kier alpha value is -2.18. The molecule has 2 aliphatic rings. The summed E-state index contributed by atoms with van der Waals surface area (Å²) < 4.78 is 0. The molecule has 1 unspecified atom stereocenters. The molecule has 0 aromatic carbocycles. The summed E-state index contributed by atoms with van der Waals surface area (Å²) in [5.74, 6) is 0.935. The Balaban J connectivity index is 1.53. The van der Waals surface area contributed by atoms with E-state index in [1.165, 1.54) is 12.8 Å². The lowest BCUT2D eigenvalue weighted by atomic mass is 10.1. The fourth-order valence-electron chi connectivity index (χ4n) is 3.38. The van der Waals surface area contributed by atoms with Gasteiger partial charge in [-0.15, -0.1) is 10.2 Å². The molecule has 1 aliphatic carbocycles. The second-order valence-corrected chi connectivity index (χ2v) is 6.28. The molecular formula is C16H23N5O2. The van der Waals surface area contributed by atoms with Crippen LogP contribution in [0.5, 0.6) is 0 Å². The quantitative estimate of drug-likeness (QED) is 0.866. The Labute approximate surface area is 135 Å². The first kappa shape index (κ1) is 15.7. The van der Waals surface area contributed by atoms with Gasteiger partial charge in [-0.3, -0.25) is 9.59 Å². The van der Waals surface area contributed by atoms with Crippen molar-refractivity contribution in [2.24, 2.45) is 5.92 Å². The van der Waals surface area contributed by atoms with Crippen molar-refractivity contribution in [2.45, 2.75) is 38.1 Å². The molecule has 0 bridgehead atoms. The zero-order chi connectivity index (χ0) is 16.2. The Morgan fingerprint density at radius 1 is 1.17 bits per heavy atom. The number of rotatable bonds is 4. The third kappa shape index (κ3) is 3.60. The van der Waals surface area contributed by atoms with Crippen LogP contribution in [0.4, 0.5) is 5.82 Å². The van der Waals surface area contributed by atoms with Crippen LogP contribution < -0.4 is 10.6 Å². The van der Waals surface area contributed by atoms with Gasteiger partial charge in [0.2, 0.25) is 5.91 Å². The number of carbonyl (C=O) groups is 2. The third-order valence-corrected chi connectivity index (χ3v) is 4.68. The summed E-state index contributed by atoms with van der Waals surface area (Å²) in [6, 6.07) is 3.59. The van der Waals surface area contributed by atoms with Gasteiger partial charge in [-0.25, -0.2) is 0 Å². The van der Waals surface area contributed by atoms with Crippen LogP contribution in [0.1, 0.15) is 42.6 Å². The van der Waals surface area contributed by atoms with Gasteiger partial charge in [0.1, 0.15) is 5.82 Å². The molecule has 124 valence electrons. The first-order valence-electron chi connectivity index (χ1n) is 8.28. The number of nitrogens with zero attached hydrogens (tertiary/aromatic N) is 3. The second kappa shape index (κ2) is 6.93. The highest BCUT2D eigenvalue weighted by atomic mass is 16.2. The summed E-state index contributed by atoms with van der Waals surface area (Å²) in [6.45, 7) is 1.52. The van der Waals surface area contributed by atoms with Crippen LogP contribution in [-0.4, -0.2) is 53.1 Å². The van der Waals surface area contributed by atoms with Gasteiger partial charge in [0, 0.05) is 32.1 Å². The fraction of sp³-hybridized carbons (Fsp3) is 0.625. The van der Waals surface area contributed by atoms with Crippen LogP contribution in [0.25, 0.3) is 0 Å². The summed E-state index contributed by atoms with van der Waals surface area (Å²) in [7, 11) is 1.56. The second-order valence-electron chi connectivity index (χ2n) is 6.28. The van der Waals surface area contributed by atoms with Crippen LogP contribution >= 0.6 is 0 Å². The van der Waals surface area contributed by atoms with E-state index < -0.39 is 0 Å². The number of likely N-dealkylation sites (tertiary alicyclic amines) is 1. The minimum Gasteiger partial charge on any atom is -0.364 e. The molecule has 1 saturated heterocycles. The summed E-state index contributed by atoms with van der Waals surface area (Å²) in [4.78, 5) is 25.8. The maximum absolute atomic E-state index is 12.4. The van der Waals surface area contributed by atoms with Crippen molar-refractivity contribution in [1.82, 2.24) is 20.4 Å². The summed E-state index contributed by atoms with van der Waals surface area (Å²) >= 11 is 0. The Bertz CT molecular complexity index is 568. The zero-order valence-corrected chi connectivity index (χ0v) is 13.4. The van der Waals surface area contributed by atoms with Crippen molar-refractivity contribution in [3.05, 3.63) is 17.8 Å². The van der Waals surface area contributed by atoms with Crippen LogP contribution in [0.2, 0.25) is 0 Å². The van der Waals surface area contributed by atoms with Gasteiger partial charge in [0.15, 0.2) is 5.69 Å². The van der Waals surface area contributed by atoms with E-state index >= 15 is 0 Å². The van der Waals surface area contributed by atoms with Crippen molar-refractivity contribution in [3.8, 4) is 0 Å². The van der Waals surface area contributed by atoms with Crippen molar-refractivity contribution in [2.75, 3.05) is 25.5 Å². The van der Waals surface area contributed by atoms with Gasteiger partial charge in [-0.2, -0.15) is 0 Å². The van der Waals surface area contributed by atoms with E-state index in [-0.39, 0.29) is 17.9 Å². The molecule has 1 aromatic rings. The molecule has 0 radical (unpaired) electrons. The van der Waals surface area contributed by atoms with E-state index in [2.05, 4.69) is 20.8 Å². The molecule has 2 amide bonds. The first-order valence-corrected chi connectivity index (χ1v) is 8.28. The maximum Gasteiger partial charge on any atom is 0.271 e. The number of hydrogen-bond acceptors (Lipinski definition) is 5. The average Bonchev–Trinajstić information content (AvgIpc) is 3.26. The van der Waals surface area contributed by atoms with Gasteiger partial charge in [0.25, 0.3) is 5.91 Å². The van der Waals surface area contributed by atoms with Crippen molar-refractivity contribution >= 4 is 17.6 Å². The van der Waals surface area contributed by atoms with E-state index in [0.29, 0.717) is 24.0 Å². The summed E-state index contributed by atoms with van der Waals surface area (Å²) in [5.41, 5.74) is 0.294. The van der Waals surface area contributed by atoms with E-state index in [1.807, 2.05) is 4.90 Å². The van der Waals surface area contributed by atoms with Gasteiger partial charge in [-0.1, -0.05) is 12.8 Å². The minimum atomic E-state index is -0.252. The highest BCUT2D eigenvalue weighted by Crippen LogP contribution is 2.28. The molecule has 7 heteroatoms. The number of carbonyl (C=O) groups excluding carboxylic acids is 2. The van der Waals surface area contributed by atoms with E-state index in [4.69, 9.17) is 0 Å². The van der Waals surface area contributed by atoms with Gasteiger partial charge in [-0.05, 0) is 31.4 Å². The highest BCUT2D eigenvalue weighted by Gasteiger charge is 2.32. The standard InChI is InChI=1S/C16H23N5O2/c1-17-15(22)13-6-7-14(20-19-13)18-12-8-9-21(10-12)16(23)11-4-2-3-5-11/h6-7,11-12H,2-5,8-10H2,1H3,(H,17,22)(H,18,20). The number of amides is 2. The minimum absolute atomic E-state index is 0.195. The van der Waals surface area contributed by atoms with Crippen molar-refractivity contribution < 1.29 is 9.59 Å². The molecule has 1 aliphatic heterocycles. The molecule has 7 nitrogen and oxygen atoms in total. The van der Waals surface area contributed by atoms with Crippen LogP contribution in [0.15, 0.2) is 12.1 Å². The molecule has 1 saturated carbocycles. The van der Waals surface area contributed by atoms with E-state index in [0.717, 1.165) is 25.8 Å². The van der Waals surface area contributed by atoms with Crippen LogP contribution in [0.3, 0.4) is 0 Å². The predicted molar refractivity (Wildman–Crippen MR) is 86.0 cm³/mol. The molecule has 2 heterocycles. The first-order chi connectivity index (χ1) is 11.2. The lowest BCUT2D eigenvalue weighted by molar-refractivity contribution is -0.134. The number of hydrogen-bond donors (Lipinski definition) is 2. The normalized spacial score (nSPS) is 21.4. The monoisotopic (exact) mass is 317 g/mol. The van der Waals surface area contributed by atoms with E-state index in [9.17, 15) is 9.59 Å². The molecule has 1 atom stereocenters. The predicted octanol–water partition coefficient (Wildman–Crippen LogP) is 1.04.